The fourth-order valence-corrected chi connectivity index (χ4v) is 2.85. The van der Waals surface area contributed by atoms with E-state index >= 15 is 0 Å². The summed E-state index contributed by atoms with van der Waals surface area (Å²) in [7, 11) is 1.66. The zero-order valence-corrected chi connectivity index (χ0v) is 14.3. The topological polar surface area (TPSA) is 41.6 Å². The van der Waals surface area contributed by atoms with Crippen molar-refractivity contribution in [1.82, 2.24) is 10.2 Å². The molecule has 23 heavy (non-hydrogen) atoms. The lowest BCUT2D eigenvalue weighted by atomic mass is 9.94. The monoisotopic (exact) mass is 316 g/mol. The first-order chi connectivity index (χ1) is 11.2. The molecule has 0 fully saturated rings. The summed E-state index contributed by atoms with van der Waals surface area (Å²) in [6.45, 7) is 4.24. The Morgan fingerprint density at radius 2 is 2.09 bits per heavy atom. The highest BCUT2D eigenvalue weighted by atomic mass is 16.5. The second kappa shape index (κ2) is 9.23. The summed E-state index contributed by atoms with van der Waals surface area (Å²) < 4.78 is 5.20. The van der Waals surface area contributed by atoms with E-state index in [1.807, 2.05) is 29.2 Å². The Hall–Kier alpha value is -1.97. The maximum Gasteiger partial charge on any atom is 0.317 e. The predicted molar refractivity (Wildman–Crippen MR) is 93.6 cm³/mol. The minimum atomic E-state index is 0.0391. The van der Waals surface area contributed by atoms with Crippen molar-refractivity contribution >= 4 is 6.03 Å². The van der Waals surface area contributed by atoms with Gasteiger partial charge in [-0.05, 0) is 49.3 Å². The third-order valence-electron chi connectivity index (χ3n) is 4.20. The van der Waals surface area contributed by atoms with Crippen LogP contribution in [0.1, 0.15) is 38.2 Å². The molecule has 0 saturated carbocycles. The molecule has 0 radical (unpaired) electrons. The van der Waals surface area contributed by atoms with Crippen molar-refractivity contribution in [3.63, 3.8) is 0 Å². The van der Waals surface area contributed by atoms with Crippen molar-refractivity contribution in [1.29, 1.82) is 0 Å². The predicted octanol–water partition coefficient (Wildman–Crippen LogP) is 3.97. The van der Waals surface area contributed by atoms with Gasteiger partial charge in [0.1, 0.15) is 5.75 Å². The van der Waals surface area contributed by atoms with Crippen molar-refractivity contribution in [3.8, 4) is 5.75 Å². The highest BCUT2D eigenvalue weighted by Gasteiger charge is 2.19. The minimum absolute atomic E-state index is 0.0391. The zero-order chi connectivity index (χ0) is 16.5. The number of nitrogens with zero attached hydrogens (tertiary/aromatic N) is 1. The van der Waals surface area contributed by atoms with Crippen LogP contribution in [0.3, 0.4) is 0 Å². The first-order valence-corrected chi connectivity index (χ1v) is 8.53. The molecule has 1 atom stereocenters. The van der Waals surface area contributed by atoms with Gasteiger partial charge in [-0.25, -0.2) is 4.79 Å². The standard InChI is InChI=1S/C19H28N2O2/c1-3-13-20-19(22)21(14-16-7-5-4-6-8-16)15-17-9-11-18(23-2)12-10-17/h4-5,9-12,16H,3,6-8,13-15H2,1-2H3,(H,20,22)/t16-/m0/s1. The van der Waals surface area contributed by atoms with Crippen LogP contribution in [-0.4, -0.2) is 31.1 Å². The lowest BCUT2D eigenvalue weighted by Crippen LogP contribution is -2.42. The Morgan fingerprint density at radius 1 is 1.30 bits per heavy atom. The molecule has 126 valence electrons. The Kier molecular flexibility index (Phi) is 6.98. The highest BCUT2D eigenvalue weighted by Crippen LogP contribution is 2.21. The molecule has 0 heterocycles. The Bertz CT molecular complexity index is 511. The molecule has 1 aromatic rings. The van der Waals surface area contributed by atoms with Crippen LogP contribution >= 0.6 is 0 Å². The molecule has 1 aliphatic rings. The summed E-state index contributed by atoms with van der Waals surface area (Å²) in [6.07, 6.45) is 8.79. The van der Waals surface area contributed by atoms with Gasteiger partial charge in [0.25, 0.3) is 0 Å². The molecule has 0 spiro atoms. The fraction of sp³-hybridized carbons (Fsp3) is 0.526. The lowest BCUT2D eigenvalue weighted by molar-refractivity contribution is 0.182. The number of methoxy groups -OCH3 is 1. The first-order valence-electron chi connectivity index (χ1n) is 8.53. The van der Waals surface area contributed by atoms with E-state index < -0.39 is 0 Å². The number of allylic oxidation sites excluding steroid dienone is 2. The number of rotatable bonds is 7. The maximum absolute atomic E-state index is 12.5. The fourth-order valence-electron chi connectivity index (χ4n) is 2.85. The van der Waals surface area contributed by atoms with Crippen LogP contribution in [-0.2, 0) is 6.54 Å². The smallest absolute Gasteiger partial charge is 0.317 e. The van der Waals surface area contributed by atoms with Gasteiger partial charge in [0.15, 0.2) is 0 Å². The van der Waals surface area contributed by atoms with E-state index in [9.17, 15) is 4.79 Å². The largest absolute Gasteiger partial charge is 0.497 e. The van der Waals surface area contributed by atoms with Crippen LogP contribution in [0.25, 0.3) is 0 Å². The van der Waals surface area contributed by atoms with Crippen LogP contribution < -0.4 is 10.1 Å². The van der Waals surface area contributed by atoms with E-state index in [2.05, 4.69) is 24.4 Å². The molecule has 4 nitrogen and oxygen atoms in total. The third-order valence-corrected chi connectivity index (χ3v) is 4.20. The minimum Gasteiger partial charge on any atom is -0.497 e. The molecule has 2 rings (SSSR count). The van der Waals surface area contributed by atoms with Gasteiger partial charge in [0.05, 0.1) is 7.11 Å². The lowest BCUT2D eigenvalue weighted by Gasteiger charge is -2.28. The summed E-state index contributed by atoms with van der Waals surface area (Å²) in [6, 6.07) is 7.98. The third kappa shape index (κ3) is 5.62. The molecule has 0 bridgehead atoms. The molecule has 2 amide bonds. The first kappa shape index (κ1) is 17.4. The number of benzene rings is 1. The van der Waals surface area contributed by atoms with Gasteiger partial charge in [-0.1, -0.05) is 31.2 Å². The van der Waals surface area contributed by atoms with Crippen LogP contribution in [0.15, 0.2) is 36.4 Å². The molecule has 0 saturated heterocycles. The van der Waals surface area contributed by atoms with Crippen LogP contribution in [0, 0.1) is 5.92 Å². The second-order valence-electron chi connectivity index (χ2n) is 6.11. The number of carbonyl (C=O) groups is 1. The maximum atomic E-state index is 12.5. The molecule has 0 aliphatic heterocycles. The quantitative estimate of drug-likeness (QED) is 0.773. The summed E-state index contributed by atoms with van der Waals surface area (Å²) >= 11 is 0. The molecule has 0 aromatic heterocycles. The number of urea groups is 1. The number of amides is 2. The highest BCUT2D eigenvalue weighted by molar-refractivity contribution is 5.74. The van der Waals surface area contributed by atoms with E-state index in [1.165, 1.54) is 0 Å². The van der Waals surface area contributed by atoms with Crippen LogP contribution in [0.4, 0.5) is 4.79 Å². The number of hydrogen-bond donors (Lipinski definition) is 1. The summed E-state index contributed by atoms with van der Waals surface area (Å²) in [5, 5.41) is 3.01. The van der Waals surface area contributed by atoms with Gasteiger partial charge in [-0.2, -0.15) is 0 Å². The average molecular weight is 316 g/mol. The molecule has 4 heteroatoms. The molecule has 1 aromatic carbocycles. The van der Waals surface area contributed by atoms with Crippen molar-refractivity contribution < 1.29 is 9.53 Å². The van der Waals surface area contributed by atoms with E-state index in [-0.39, 0.29) is 6.03 Å². The van der Waals surface area contributed by atoms with Gasteiger partial charge in [0.2, 0.25) is 0 Å². The molecular weight excluding hydrogens is 288 g/mol. The van der Waals surface area contributed by atoms with Crippen molar-refractivity contribution in [2.24, 2.45) is 5.92 Å². The summed E-state index contributed by atoms with van der Waals surface area (Å²) in [4.78, 5) is 14.4. The molecular formula is C19H28N2O2. The number of nitrogens with one attached hydrogen (secondary N) is 1. The molecule has 0 unspecified atom stereocenters. The summed E-state index contributed by atoms with van der Waals surface area (Å²) in [5.74, 6) is 1.40. The van der Waals surface area contributed by atoms with Crippen molar-refractivity contribution in [3.05, 3.63) is 42.0 Å². The van der Waals surface area contributed by atoms with Crippen LogP contribution in [0.5, 0.6) is 5.75 Å². The second-order valence-corrected chi connectivity index (χ2v) is 6.11. The SMILES string of the molecule is CCCNC(=O)N(Cc1ccc(OC)cc1)C[C@H]1CC=CCC1. The van der Waals surface area contributed by atoms with E-state index in [1.54, 1.807) is 7.11 Å². The summed E-state index contributed by atoms with van der Waals surface area (Å²) in [5.41, 5.74) is 1.13. The van der Waals surface area contributed by atoms with Crippen molar-refractivity contribution in [2.45, 2.75) is 39.2 Å². The number of hydrogen-bond acceptors (Lipinski definition) is 2. The van der Waals surface area contributed by atoms with E-state index in [0.29, 0.717) is 12.5 Å². The van der Waals surface area contributed by atoms with Gasteiger partial charge < -0.3 is 15.0 Å². The van der Waals surface area contributed by atoms with Gasteiger partial charge in [-0.3, -0.25) is 0 Å². The Morgan fingerprint density at radius 3 is 2.70 bits per heavy atom. The number of carbonyl (C=O) groups excluding carboxylic acids is 1. The Labute approximate surface area is 139 Å². The normalized spacial score (nSPS) is 16.9. The van der Waals surface area contributed by atoms with E-state index in [0.717, 1.165) is 50.1 Å². The van der Waals surface area contributed by atoms with Gasteiger partial charge >= 0.3 is 6.03 Å². The van der Waals surface area contributed by atoms with Gasteiger partial charge in [-0.15, -0.1) is 0 Å². The Balaban J connectivity index is 2.01. The number of ether oxygens (including phenoxy) is 1. The van der Waals surface area contributed by atoms with Crippen molar-refractivity contribution in [2.75, 3.05) is 20.2 Å². The van der Waals surface area contributed by atoms with E-state index in [4.69, 9.17) is 4.74 Å². The average Bonchev–Trinajstić information content (AvgIpc) is 2.60. The zero-order valence-electron chi connectivity index (χ0n) is 14.3. The van der Waals surface area contributed by atoms with Gasteiger partial charge in [0, 0.05) is 19.6 Å². The molecule has 1 N–H and O–H groups in total. The van der Waals surface area contributed by atoms with Crippen LogP contribution in [0.2, 0.25) is 0 Å². The molecule has 1 aliphatic carbocycles.